The first-order valence-corrected chi connectivity index (χ1v) is 13.0. The van der Waals surface area contributed by atoms with Crippen LogP contribution in [-0.4, -0.2) is 37.1 Å². The number of hydrogen-bond acceptors (Lipinski definition) is 3. The second-order valence-corrected chi connectivity index (χ2v) is 10.1. The smallest absolute Gasteiger partial charge is 0.340 e. The van der Waals surface area contributed by atoms with Crippen LogP contribution in [0.5, 0.6) is 0 Å². The number of nitrogens with one attached hydrogen (secondary N) is 1. The van der Waals surface area contributed by atoms with E-state index >= 15 is 0 Å². The van der Waals surface area contributed by atoms with E-state index in [2.05, 4.69) is 9.88 Å². The van der Waals surface area contributed by atoms with Gasteiger partial charge in [0.25, 0.3) is 0 Å². The van der Waals surface area contributed by atoms with Crippen molar-refractivity contribution < 1.29 is 13.2 Å². The molecule has 1 aliphatic rings. The zero-order valence-electron chi connectivity index (χ0n) is 21.4. The van der Waals surface area contributed by atoms with Gasteiger partial charge in [-0.3, -0.25) is 14.0 Å². The lowest BCUT2D eigenvalue weighted by molar-refractivity contribution is -0.137. The topological polar surface area (TPSA) is 58.9 Å². The monoisotopic (exact) mass is 531 g/mol. The molecule has 0 unspecified atom stereocenters. The lowest BCUT2D eigenvalue weighted by Gasteiger charge is -2.32. The standard InChI is InChI=1S/C30H28F3N5O/c1-36-25-9-5-6-10-26(25)38(29(36)39)23-15-17-37(18-16-23)19-24-27(20-7-3-2-4-8-20)35-28(34-24)21-11-13-22(14-12-21)30(31,32)33/h2-14,23H,15-19H2,1H3,(H,34,35). The van der Waals surface area contributed by atoms with Crippen molar-refractivity contribution in [2.75, 3.05) is 13.1 Å². The first-order chi connectivity index (χ1) is 18.8. The molecule has 9 heteroatoms. The highest BCUT2D eigenvalue weighted by atomic mass is 19.4. The average molecular weight is 532 g/mol. The summed E-state index contributed by atoms with van der Waals surface area (Å²) in [5.74, 6) is 0.537. The van der Waals surface area contributed by atoms with Gasteiger partial charge in [-0.15, -0.1) is 0 Å². The van der Waals surface area contributed by atoms with Crippen LogP contribution >= 0.6 is 0 Å². The number of rotatable bonds is 5. The summed E-state index contributed by atoms with van der Waals surface area (Å²) in [5.41, 5.74) is 4.47. The predicted octanol–water partition coefficient (Wildman–Crippen LogP) is 6.25. The normalized spacial score (nSPS) is 15.3. The molecule has 3 heterocycles. The zero-order chi connectivity index (χ0) is 27.1. The molecule has 6 rings (SSSR count). The lowest BCUT2D eigenvalue weighted by Crippen LogP contribution is -2.37. The third-order valence-corrected chi connectivity index (χ3v) is 7.61. The summed E-state index contributed by atoms with van der Waals surface area (Å²) in [5, 5.41) is 0. The van der Waals surface area contributed by atoms with E-state index in [0.29, 0.717) is 17.9 Å². The molecule has 0 bridgehead atoms. The number of halogens is 3. The van der Waals surface area contributed by atoms with Crippen LogP contribution in [0.15, 0.2) is 83.7 Å². The molecule has 1 saturated heterocycles. The van der Waals surface area contributed by atoms with Crippen LogP contribution in [0.1, 0.15) is 30.1 Å². The number of imidazole rings is 2. The van der Waals surface area contributed by atoms with E-state index in [1.54, 1.807) is 4.57 Å². The van der Waals surface area contributed by atoms with Gasteiger partial charge < -0.3 is 4.98 Å². The fraction of sp³-hybridized carbons (Fsp3) is 0.267. The number of aromatic amines is 1. The van der Waals surface area contributed by atoms with E-state index in [1.165, 1.54) is 12.1 Å². The van der Waals surface area contributed by atoms with Gasteiger partial charge >= 0.3 is 11.9 Å². The lowest BCUT2D eigenvalue weighted by atomic mass is 10.0. The largest absolute Gasteiger partial charge is 0.416 e. The Kier molecular flexibility index (Phi) is 6.38. The fourth-order valence-corrected chi connectivity index (χ4v) is 5.54. The Bertz CT molecular complexity index is 1660. The number of fused-ring (bicyclic) bond motifs is 1. The van der Waals surface area contributed by atoms with E-state index < -0.39 is 11.7 Å². The van der Waals surface area contributed by atoms with Crippen LogP contribution in [0, 0.1) is 0 Å². The van der Waals surface area contributed by atoms with Crippen molar-refractivity contribution in [3.63, 3.8) is 0 Å². The predicted molar refractivity (Wildman–Crippen MR) is 145 cm³/mol. The molecule has 1 aliphatic heterocycles. The summed E-state index contributed by atoms with van der Waals surface area (Å²) in [6.07, 6.45) is -2.70. The van der Waals surface area contributed by atoms with Crippen molar-refractivity contribution in [2.24, 2.45) is 7.05 Å². The quantitative estimate of drug-likeness (QED) is 0.292. The SMILES string of the molecule is Cn1c(=O)n(C2CCN(Cc3[nH]c(-c4ccc(C(F)(F)F)cc4)nc3-c3ccccc3)CC2)c2ccccc21. The number of nitrogens with zero attached hydrogens (tertiary/aromatic N) is 4. The molecule has 200 valence electrons. The zero-order valence-corrected chi connectivity index (χ0v) is 21.4. The van der Waals surface area contributed by atoms with Crippen molar-refractivity contribution in [3.8, 4) is 22.6 Å². The molecule has 39 heavy (non-hydrogen) atoms. The summed E-state index contributed by atoms with van der Waals surface area (Å²) in [6.45, 7) is 2.24. The fourth-order valence-electron chi connectivity index (χ4n) is 5.54. The van der Waals surface area contributed by atoms with Gasteiger partial charge in [0.05, 0.1) is 28.0 Å². The van der Waals surface area contributed by atoms with Crippen LogP contribution in [0.3, 0.4) is 0 Å². The molecule has 1 fully saturated rings. The highest BCUT2D eigenvalue weighted by Gasteiger charge is 2.30. The summed E-state index contributed by atoms with van der Waals surface area (Å²) in [4.78, 5) is 23.5. The van der Waals surface area contributed by atoms with Crippen LogP contribution < -0.4 is 5.69 Å². The van der Waals surface area contributed by atoms with E-state index in [4.69, 9.17) is 4.98 Å². The molecule has 0 saturated carbocycles. The molecule has 0 radical (unpaired) electrons. The minimum Gasteiger partial charge on any atom is -0.340 e. The maximum absolute atomic E-state index is 13.1. The van der Waals surface area contributed by atoms with E-state index in [9.17, 15) is 18.0 Å². The second kappa shape index (κ2) is 9.89. The average Bonchev–Trinajstić information content (AvgIpc) is 3.48. The van der Waals surface area contributed by atoms with Gasteiger partial charge in [-0.2, -0.15) is 13.2 Å². The molecular weight excluding hydrogens is 503 g/mol. The van der Waals surface area contributed by atoms with Crippen LogP contribution in [0.25, 0.3) is 33.7 Å². The number of piperidine rings is 1. The van der Waals surface area contributed by atoms with Gasteiger partial charge in [0, 0.05) is 43.9 Å². The van der Waals surface area contributed by atoms with Crippen molar-refractivity contribution in [1.82, 2.24) is 24.0 Å². The summed E-state index contributed by atoms with van der Waals surface area (Å²) in [6, 6.07) is 22.9. The van der Waals surface area contributed by atoms with Crippen LogP contribution in [0.2, 0.25) is 0 Å². The maximum atomic E-state index is 13.1. The molecule has 1 N–H and O–H groups in total. The van der Waals surface area contributed by atoms with Crippen LogP contribution in [0.4, 0.5) is 13.2 Å². The van der Waals surface area contributed by atoms with Gasteiger partial charge in [0.15, 0.2) is 0 Å². The second-order valence-electron chi connectivity index (χ2n) is 10.1. The molecule has 0 amide bonds. The van der Waals surface area contributed by atoms with Crippen molar-refractivity contribution >= 4 is 11.0 Å². The minimum atomic E-state index is -4.38. The van der Waals surface area contributed by atoms with Crippen molar-refractivity contribution in [3.05, 3.63) is 101 Å². The Morgan fingerprint density at radius 3 is 2.18 bits per heavy atom. The molecule has 6 nitrogen and oxygen atoms in total. The van der Waals surface area contributed by atoms with Crippen molar-refractivity contribution in [1.29, 1.82) is 0 Å². The van der Waals surface area contributed by atoms with E-state index in [-0.39, 0.29) is 11.7 Å². The Morgan fingerprint density at radius 2 is 1.51 bits per heavy atom. The number of para-hydroxylation sites is 2. The first-order valence-electron chi connectivity index (χ1n) is 13.0. The number of H-pyrrole nitrogens is 1. The van der Waals surface area contributed by atoms with Gasteiger partial charge in [-0.25, -0.2) is 9.78 Å². The Labute approximate surface area is 223 Å². The number of benzene rings is 3. The molecule has 0 atom stereocenters. The number of aryl methyl sites for hydroxylation is 1. The van der Waals surface area contributed by atoms with Gasteiger partial charge in [-0.05, 0) is 37.1 Å². The van der Waals surface area contributed by atoms with E-state index in [1.807, 2.05) is 66.2 Å². The van der Waals surface area contributed by atoms with Crippen molar-refractivity contribution in [2.45, 2.75) is 31.6 Å². The highest BCUT2D eigenvalue weighted by Crippen LogP contribution is 2.33. The molecule has 3 aromatic carbocycles. The third-order valence-electron chi connectivity index (χ3n) is 7.61. The Hall–Kier alpha value is -4.11. The summed E-state index contributed by atoms with van der Waals surface area (Å²) >= 11 is 0. The first kappa shape index (κ1) is 25.2. The van der Waals surface area contributed by atoms with Gasteiger partial charge in [0.2, 0.25) is 0 Å². The van der Waals surface area contributed by atoms with Crippen LogP contribution in [-0.2, 0) is 19.8 Å². The summed E-state index contributed by atoms with van der Waals surface area (Å²) in [7, 11) is 1.81. The number of likely N-dealkylation sites (tertiary alicyclic amines) is 1. The Balaban J connectivity index is 1.24. The Morgan fingerprint density at radius 1 is 0.872 bits per heavy atom. The summed E-state index contributed by atoms with van der Waals surface area (Å²) < 4.78 is 42.8. The molecule has 0 aliphatic carbocycles. The number of aromatic nitrogens is 4. The number of alkyl halides is 3. The number of hydrogen-bond donors (Lipinski definition) is 1. The minimum absolute atomic E-state index is 0.00997. The molecule has 5 aromatic rings. The molecular formula is C30H28F3N5O. The third kappa shape index (κ3) is 4.78. The van der Waals surface area contributed by atoms with Gasteiger partial charge in [0.1, 0.15) is 5.82 Å². The molecule has 0 spiro atoms. The molecule has 2 aromatic heterocycles. The van der Waals surface area contributed by atoms with E-state index in [0.717, 1.165) is 66.0 Å². The maximum Gasteiger partial charge on any atom is 0.416 e. The van der Waals surface area contributed by atoms with Gasteiger partial charge in [-0.1, -0.05) is 54.6 Å². The highest BCUT2D eigenvalue weighted by molar-refractivity contribution is 5.76.